The normalized spacial score (nSPS) is 24.1. The summed E-state index contributed by atoms with van der Waals surface area (Å²) in [5.41, 5.74) is 8.37. The van der Waals surface area contributed by atoms with Crippen LogP contribution in [0.1, 0.15) is 184 Å². The number of hydrogen-bond donors (Lipinski definition) is 2. The Balaban J connectivity index is 0.00000122. The van der Waals surface area contributed by atoms with Crippen molar-refractivity contribution in [2.45, 2.75) is 214 Å². The third kappa shape index (κ3) is 24.6. The number of unbranched alkanes of at least 4 members (excludes halogenated alkanes) is 1. The Morgan fingerprint density at radius 3 is 2.20 bits per heavy atom. The quantitative estimate of drug-likeness (QED) is 0.0258. The van der Waals surface area contributed by atoms with Crippen LogP contribution in [0.3, 0.4) is 0 Å². The summed E-state index contributed by atoms with van der Waals surface area (Å²) in [7, 11) is 4.94. The largest absolute Gasteiger partial charge is 1.00 e. The summed E-state index contributed by atoms with van der Waals surface area (Å²) < 4.78 is 16.1. The van der Waals surface area contributed by atoms with E-state index in [0.717, 1.165) is 75.9 Å². The summed E-state index contributed by atoms with van der Waals surface area (Å²) in [5, 5.41) is 22.6. The Morgan fingerprint density at radius 2 is 1.64 bits per heavy atom. The average molecular weight is 991 g/mol. The van der Waals surface area contributed by atoms with Gasteiger partial charge in [0.1, 0.15) is 18.0 Å². The maximum atomic E-state index is 12.9. The molecule has 0 bridgehead atoms. The third-order valence-electron chi connectivity index (χ3n) is 14.3. The molecule has 1 heterocycles. The molecule has 8 atom stereocenters. The van der Waals surface area contributed by atoms with Crippen molar-refractivity contribution in [3.05, 3.63) is 71.6 Å². The molecule has 3 rings (SSSR count). The van der Waals surface area contributed by atoms with Crippen LogP contribution in [-0.4, -0.2) is 91.2 Å². The molecule has 388 valence electrons. The SMILES string of the molecule is C=C/C(=C(\C)OC)C(C)(C)C.CC/C(C)=C/C=C/C=C/CCC(C)C(=O)[C@H](OC)C(O)/C(C)=C/CC(=O)CCCCC1CCCC(OC)C1.CC1CCCCC1(N)C(=O)C(=O)N1CCCCC1[O-].[K+]. The molecule has 0 spiro atoms. The molecule has 0 radical (unpaired) electrons. The predicted octanol–water partition coefficient (Wildman–Crippen LogP) is 7.79. The molecule has 11 nitrogen and oxygen atoms in total. The number of amides is 1. The first-order valence-electron chi connectivity index (χ1n) is 25.8. The van der Waals surface area contributed by atoms with Gasteiger partial charge in [-0.25, -0.2) is 0 Å². The van der Waals surface area contributed by atoms with Gasteiger partial charge >= 0.3 is 51.4 Å². The molecule has 0 aromatic heterocycles. The van der Waals surface area contributed by atoms with Gasteiger partial charge in [0.15, 0.2) is 5.78 Å². The van der Waals surface area contributed by atoms with E-state index in [4.69, 9.17) is 19.9 Å². The molecule has 12 heteroatoms. The number of carbonyl (C=O) groups is 4. The number of carbonyl (C=O) groups excluding carboxylic acids is 4. The van der Waals surface area contributed by atoms with Gasteiger partial charge < -0.3 is 35.1 Å². The minimum absolute atomic E-state index is 0. The minimum atomic E-state index is -1.08. The Kier molecular flexibility index (Phi) is 35.2. The van der Waals surface area contributed by atoms with Gasteiger partial charge in [-0.15, -0.1) is 0 Å². The number of rotatable bonds is 23. The fraction of sp³-hybridized carbons (Fsp3) is 0.719. The molecular weight excluding hydrogens is 896 g/mol. The predicted molar refractivity (Wildman–Crippen MR) is 275 cm³/mol. The average Bonchev–Trinajstić information content (AvgIpc) is 3.32. The number of nitrogens with two attached hydrogens (primary N) is 1. The number of ether oxygens (including phenoxy) is 3. The molecule has 69 heavy (non-hydrogen) atoms. The molecule has 3 fully saturated rings. The first kappa shape index (κ1) is 67.2. The topological polar surface area (TPSA) is 169 Å². The maximum absolute atomic E-state index is 12.9. The van der Waals surface area contributed by atoms with E-state index in [-0.39, 0.29) is 86.6 Å². The summed E-state index contributed by atoms with van der Waals surface area (Å²) in [6, 6.07) is 0. The van der Waals surface area contributed by atoms with Gasteiger partial charge in [-0.2, -0.15) is 0 Å². The Bertz CT molecular complexity index is 1710. The molecule has 1 amide bonds. The smallest absolute Gasteiger partial charge is 0.836 e. The van der Waals surface area contributed by atoms with Gasteiger partial charge in [0.05, 0.1) is 24.5 Å². The van der Waals surface area contributed by atoms with Crippen LogP contribution < -0.4 is 62.2 Å². The fourth-order valence-electron chi connectivity index (χ4n) is 9.22. The number of likely N-dealkylation sites (tertiary alicyclic amines) is 1. The molecule has 7 unspecified atom stereocenters. The van der Waals surface area contributed by atoms with Crippen LogP contribution >= 0.6 is 0 Å². The first-order chi connectivity index (χ1) is 32.1. The molecule has 0 aromatic carbocycles. The van der Waals surface area contributed by atoms with Gasteiger partial charge in [0, 0.05) is 39.5 Å². The van der Waals surface area contributed by atoms with E-state index in [1.165, 1.54) is 48.8 Å². The van der Waals surface area contributed by atoms with Gasteiger partial charge in [0.25, 0.3) is 5.91 Å². The second-order valence-corrected chi connectivity index (χ2v) is 20.6. The molecule has 3 N–H and O–H groups in total. The Morgan fingerprint density at radius 1 is 0.957 bits per heavy atom. The van der Waals surface area contributed by atoms with Gasteiger partial charge in [-0.3, -0.25) is 19.2 Å². The number of Topliss-reactive ketones (excluding diaryl/α,β-unsaturated/α-hetero) is 3. The number of piperidine rings is 1. The van der Waals surface area contributed by atoms with Crippen LogP contribution in [0.4, 0.5) is 0 Å². The Labute approximate surface area is 462 Å². The Hall–Kier alpha value is -1.84. The van der Waals surface area contributed by atoms with Crippen molar-refractivity contribution >= 4 is 23.3 Å². The molecular formula is C57H95KN2O9. The van der Waals surface area contributed by atoms with Crippen molar-refractivity contribution in [1.82, 2.24) is 4.90 Å². The zero-order chi connectivity index (χ0) is 51.5. The number of aliphatic hydroxyl groups is 1. The van der Waals surface area contributed by atoms with E-state index < -0.39 is 35.7 Å². The summed E-state index contributed by atoms with van der Waals surface area (Å²) in [6.45, 7) is 22.4. The van der Waals surface area contributed by atoms with E-state index in [9.17, 15) is 29.4 Å². The number of allylic oxidation sites excluding steroid dienone is 10. The van der Waals surface area contributed by atoms with Gasteiger partial charge in [0.2, 0.25) is 5.78 Å². The van der Waals surface area contributed by atoms with Crippen molar-refractivity contribution in [2.75, 3.05) is 27.9 Å². The molecule has 2 aliphatic carbocycles. The van der Waals surface area contributed by atoms with E-state index in [1.807, 2.05) is 45.1 Å². The number of aliphatic hydroxyl groups excluding tert-OH is 1. The monoisotopic (exact) mass is 991 g/mol. The van der Waals surface area contributed by atoms with Crippen LogP contribution in [0.2, 0.25) is 0 Å². The maximum Gasteiger partial charge on any atom is 1.00 e. The minimum Gasteiger partial charge on any atom is -0.836 e. The molecule has 3 aliphatic rings. The standard InChI is InChI=1S/C33H54O5.C14H23N2O3.C10H18O.K/c1-7-25(2)16-11-9-8-10-12-17-26(3)31(35)33(38-6)32(36)27(4)22-23-29(34)20-14-13-18-28-19-15-21-30(24-28)37-5;1-10-6-2-4-8-14(10,15)12(18)13(19)16-9-5-3-7-11(16)17;1-7-9(8(2)11-6)10(3,4)5;/h8-11,16,22,26,28,30,32-33,36H,7,12-15,17-21,23-24H2,1-6H3;10-11H,2-9,15H2,1H3;7H,1H2,2-6H3;/q;-1;;+1/b10-8+,11-9+,25-16+,27-22+;;9-8-;/t26?,28?,30?,32?,33-;;;/m0.../s1. The molecule has 2 saturated carbocycles. The first-order valence-corrected chi connectivity index (χ1v) is 25.8. The summed E-state index contributed by atoms with van der Waals surface area (Å²) in [4.78, 5) is 51.2. The van der Waals surface area contributed by atoms with Crippen molar-refractivity contribution < 1.29 is 95.0 Å². The van der Waals surface area contributed by atoms with Crippen molar-refractivity contribution in [1.29, 1.82) is 0 Å². The van der Waals surface area contributed by atoms with Crippen LogP contribution in [-0.2, 0) is 33.4 Å². The number of nitrogens with zero attached hydrogens (tertiary/aromatic N) is 1. The van der Waals surface area contributed by atoms with Crippen molar-refractivity contribution in [2.24, 2.45) is 28.9 Å². The summed E-state index contributed by atoms with van der Waals surface area (Å²) in [5.74, 6) is 0.298. The van der Waals surface area contributed by atoms with Crippen LogP contribution in [0.25, 0.3) is 0 Å². The van der Waals surface area contributed by atoms with Crippen LogP contribution in [0, 0.1) is 23.2 Å². The second kappa shape index (κ2) is 36.1. The zero-order valence-electron chi connectivity index (χ0n) is 45.7. The zero-order valence-corrected chi connectivity index (χ0v) is 48.8. The van der Waals surface area contributed by atoms with E-state index in [1.54, 1.807) is 27.2 Å². The third-order valence-corrected chi connectivity index (χ3v) is 14.3. The van der Waals surface area contributed by atoms with Crippen molar-refractivity contribution in [3.8, 4) is 0 Å². The number of methoxy groups -OCH3 is 3. The fourth-order valence-corrected chi connectivity index (χ4v) is 9.22. The van der Waals surface area contributed by atoms with E-state index in [2.05, 4.69) is 53.3 Å². The van der Waals surface area contributed by atoms with Gasteiger partial charge in [-0.1, -0.05) is 141 Å². The second-order valence-electron chi connectivity index (χ2n) is 20.6. The number of hydrogen-bond acceptors (Lipinski definition) is 10. The van der Waals surface area contributed by atoms with Crippen LogP contribution in [0.5, 0.6) is 0 Å². The molecule has 1 aliphatic heterocycles. The van der Waals surface area contributed by atoms with Gasteiger partial charge in [-0.05, 0) is 120 Å². The summed E-state index contributed by atoms with van der Waals surface area (Å²) in [6.07, 6.45) is 27.9. The van der Waals surface area contributed by atoms with E-state index in [0.29, 0.717) is 43.9 Å². The summed E-state index contributed by atoms with van der Waals surface area (Å²) >= 11 is 0. The number of ketones is 3. The molecule has 0 aromatic rings. The van der Waals surface area contributed by atoms with Crippen molar-refractivity contribution in [3.63, 3.8) is 0 Å². The van der Waals surface area contributed by atoms with E-state index >= 15 is 0 Å². The molecule has 1 saturated heterocycles. The van der Waals surface area contributed by atoms with Crippen LogP contribution in [0.15, 0.2) is 71.6 Å².